The van der Waals surface area contributed by atoms with Gasteiger partial charge in [-0.3, -0.25) is 0 Å². The van der Waals surface area contributed by atoms with Crippen LogP contribution in [0.2, 0.25) is 0 Å². The van der Waals surface area contributed by atoms with E-state index in [4.69, 9.17) is 5.11 Å². The summed E-state index contributed by atoms with van der Waals surface area (Å²) in [4.78, 5) is 16.5. The van der Waals surface area contributed by atoms with E-state index < -0.39 is 16.0 Å². The van der Waals surface area contributed by atoms with Gasteiger partial charge in [0.1, 0.15) is 5.69 Å². The third kappa shape index (κ3) is 4.09. The van der Waals surface area contributed by atoms with Crippen LogP contribution in [0.1, 0.15) is 21.6 Å². The maximum Gasteiger partial charge on any atom is 0.354 e. The van der Waals surface area contributed by atoms with Gasteiger partial charge in [0.25, 0.3) is 0 Å². The normalized spacial score (nSPS) is 11.3. The standard InChI is InChI=1S/C16H19N3O4S/c1-11-4-6-13(8-15(11)19(2)3)24(22,23)18-10-12-5-7-14(16(20)21)17-9-12/h4-9,18H,10H2,1-3H3,(H,20,21). The van der Waals surface area contributed by atoms with Gasteiger partial charge in [-0.15, -0.1) is 0 Å². The van der Waals surface area contributed by atoms with E-state index in [1.807, 2.05) is 25.9 Å². The summed E-state index contributed by atoms with van der Waals surface area (Å²) in [6.07, 6.45) is 1.34. The van der Waals surface area contributed by atoms with Gasteiger partial charge in [0.15, 0.2) is 0 Å². The third-order valence-electron chi connectivity index (χ3n) is 3.48. The van der Waals surface area contributed by atoms with Crippen molar-refractivity contribution in [2.45, 2.75) is 18.4 Å². The van der Waals surface area contributed by atoms with E-state index in [-0.39, 0.29) is 17.1 Å². The number of sulfonamides is 1. The zero-order valence-corrected chi connectivity index (χ0v) is 14.5. The molecule has 7 nitrogen and oxygen atoms in total. The SMILES string of the molecule is Cc1ccc(S(=O)(=O)NCc2ccc(C(=O)O)nc2)cc1N(C)C. The minimum Gasteiger partial charge on any atom is -0.477 e. The first kappa shape index (κ1) is 17.9. The molecule has 1 aromatic carbocycles. The van der Waals surface area contributed by atoms with Gasteiger partial charge in [-0.2, -0.15) is 0 Å². The summed E-state index contributed by atoms with van der Waals surface area (Å²) in [5, 5.41) is 8.80. The van der Waals surface area contributed by atoms with Crippen LogP contribution in [-0.2, 0) is 16.6 Å². The zero-order chi connectivity index (χ0) is 17.9. The fourth-order valence-electron chi connectivity index (χ4n) is 2.16. The quantitative estimate of drug-likeness (QED) is 0.822. The molecule has 0 amide bonds. The number of benzene rings is 1. The minimum atomic E-state index is -3.68. The van der Waals surface area contributed by atoms with Crippen LogP contribution in [0, 0.1) is 6.92 Å². The summed E-state index contributed by atoms with van der Waals surface area (Å²) in [7, 11) is 0.0196. The monoisotopic (exact) mass is 349 g/mol. The summed E-state index contributed by atoms with van der Waals surface area (Å²) in [6.45, 7) is 1.94. The lowest BCUT2D eigenvalue weighted by Gasteiger charge is -2.17. The molecule has 0 aliphatic carbocycles. The van der Waals surface area contributed by atoms with Crippen molar-refractivity contribution in [2.75, 3.05) is 19.0 Å². The molecule has 1 heterocycles. The van der Waals surface area contributed by atoms with E-state index in [0.29, 0.717) is 5.56 Å². The van der Waals surface area contributed by atoms with E-state index in [9.17, 15) is 13.2 Å². The predicted molar refractivity (Wildman–Crippen MR) is 90.7 cm³/mol. The number of anilines is 1. The summed E-state index contributed by atoms with van der Waals surface area (Å²) in [5.74, 6) is -1.13. The van der Waals surface area contributed by atoms with Crippen molar-refractivity contribution in [1.82, 2.24) is 9.71 Å². The Hall–Kier alpha value is -2.45. The molecular formula is C16H19N3O4S. The Kier molecular flexibility index (Phi) is 5.20. The first-order valence-corrected chi connectivity index (χ1v) is 8.65. The van der Waals surface area contributed by atoms with Gasteiger partial charge < -0.3 is 10.0 Å². The molecule has 0 radical (unpaired) electrons. The number of nitrogens with zero attached hydrogens (tertiary/aromatic N) is 2. The minimum absolute atomic E-state index is 0.0282. The number of carboxylic acid groups (broad SMARTS) is 1. The Morgan fingerprint density at radius 3 is 2.50 bits per heavy atom. The highest BCUT2D eigenvalue weighted by molar-refractivity contribution is 7.89. The maximum atomic E-state index is 12.4. The van der Waals surface area contributed by atoms with Gasteiger partial charge in [-0.1, -0.05) is 12.1 Å². The highest BCUT2D eigenvalue weighted by Gasteiger charge is 2.16. The number of aryl methyl sites for hydroxylation is 1. The first-order chi connectivity index (χ1) is 11.2. The van der Waals surface area contributed by atoms with Gasteiger partial charge in [-0.25, -0.2) is 22.9 Å². The molecule has 0 saturated heterocycles. The Bertz CT molecular complexity index is 846. The second-order valence-corrected chi connectivity index (χ2v) is 7.29. The second kappa shape index (κ2) is 6.98. The molecule has 0 aliphatic rings. The Labute approximate surface area is 141 Å². The number of carboxylic acids is 1. The number of hydrogen-bond acceptors (Lipinski definition) is 5. The van der Waals surface area contributed by atoms with Crippen molar-refractivity contribution in [3.05, 3.63) is 53.3 Å². The van der Waals surface area contributed by atoms with E-state index in [0.717, 1.165) is 11.3 Å². The average Bonchev–Trinajstić information content (AvgIpc) is 2.53. The summed E-state index contributed by atoms with van der Waals surface area (Å²) >= 11 is 0. The molecular weight excluding hydrogens is 330 g/mol. The number of pyridine rings is 1. The largest absolute Gasteiger partial charge is 0.477 e. The molecule has 2 rings (SSSR count). The average molecular weight is 349 g/mol. The molecule has 0 fully saturated rings. The Morgan fingerprint density at radius 2 is 1.96 bits per heavy atom. The number of aromatic carboxylic acids is 1. The number of rotatable bonds is 6. The van der Waals surface area contributed by atoms with Crippen LogP contribution in [0.15, 0.2) is 41.4 Å². The number of carbonyl (C=O) groups is 1. The fraction of sp³-hybridized carbons (Fsp3) is 0.250. The molecule has 8 heteroatoms. The van der Waals surface area contributed by atoms with Crippen LogP contribution in [-0.4, -0.2) is 38.6 Å². The highest BCUT2D eigenvalue weighted by atomic mass is 32.2. The smallest absolute Gasteiger partial charge is 0.354 e. The predicted octanol–water partition coefficient (Wildman–Crippen LogP) is 1.63. The molecule has 2 aromatic rings. The molecule has 0 aliphatic heterocycles. The molecule has 0 atom stereocenters. The van der Waals surface area contributed by atoms with E-state index in [1.165, 1.54) is 18.3 Å². The molecule has 0 saturated carbocycles. The van der Waals surface area contributed by atoms with Crippen molar-refractivity contribution in [2.24, 2.45) is 0 Å². The second-order valence-electron chi connectivity index (χ2n) is 5.52. The van der Waals surface area contributed by atoms with Crippen molar-refractivity contribution >= 4 is 21.7 Å². The van der Waals surface area contributed by atoms with E-state index >= 15 is 0 Å². The zero-order valence-electron chi connectivity index (χ0n) is 13.6. The molecule has 2 N–H and O–H groups in total. The van der Waals surface area contributed by atoms with Crippen LogP contribution in [0.3, 0.4) is 0 Å². The Morgan fingerprint density at radius 1 is 1.25 bits per heavy atom. The summed E-state index contributed by atoms with van der Waals surface area (Å²) in [5.41, 5.74) is 2.29. The van der Waals surface area contributed by atoms with Gasteiger partial charge >= 0.3 is 5.97 Å². The maximum absolute atomic E-state index is 12.4. The van der Waals surface area contributed by atoms with Gasteiger partial charge in [0, 0.05) is 32.5 Å². The van der Waals surface area contributed by atoms with Gasteiger partial charge in [0.2, 0.25) is 10.0 Å². The molecule has 24 heavy (non-hydrogen) atoms. The lowest BCUT2D eigenvalue weighted by atomic mass is 10.2. The van der Waals surface area contributed by atoms with E-state index in [1.54, 1.807) is 18.2 Å². The molecule has 0 spiro atoms. The molecule has 0 bridgehead atoms. The lowest BCUT2D eigenvalue weighted by molar-refractivity contribution is 0.0690. The first-order valence-electron chi connectivity index (χ1n) is 7.16. The van der Waals surface area contributed by atoms with Crippen molar-refractivity contribution in [3.8, 4) is 0 Å². The van der Waals surface area contributed by atoms with Crippen molar-refractivity contribution in [3.63, 3.8) is 0 Å². The molecule has 0 unspecified atom stereocenters. The van der Waals surface area contributed by atoms with Crippen molar-refractivity contribution < 1.29 is 18.3 Å². The van der Waals surface area contributed by atoms with Gasteiger partial charge in [-0.05, 0) is 36.2 Å². The third-order valence-corrected chi connectivity index (χ3v) is 4.88. The fourth-order valence-corrected chi connectivity index (χ4v) is 3.19. The highest BCUT2D eigenvalue weighted by Crippen LogP contribution is 2.22. The van der Waals surface area contributed by atoms with Crippen LogP contribution in [0.4, 0.5) is 5.69 Å². The number of aromatic nitrogens is 1. The summed E-state index contributed by atoms with van der Waals surface area (Å²) in [6, 6.07) is 7.79. The molecule has 1 aromatic heterocycles. The Balaban J connectivity index is 2.16. The van der Waals surface area contributed by atoms with Crippen LogP contribution in [0.5, 0.6) is 0 Å². The van der Waals surface area contributed by atoms with E-state index in [2.05, 4.69) is 9.71 Å². The van der Waals surface area contributed by atoms with Gasteiger partial charge in [0.05, 0.1) is 4.90 Å². The number of hydrogen-bond donors (Lipinski definition) is 2. The topological polar surface area (TPSA) is 99.6 Å². The van der Waals surface area contributed by atoms with Crippen LogP contribution >= 0.6 is 0 Å². The lowest BCUT2D eigenvalue weighted by Crippen LogP contribution is -2.24. The summed E-state index contributed by atoms with van der Waals surface area (Å²) < 4.78 is 27.3. The van der Waals surface area contributed by atoms with Crippen molar-refractivity contribution in [1.29, 1.82) is 0 Å². The van der Waals surface area contributed by atoms with Crippen LogP contribution in [0.25, 0.3) is 0 Å². The number of nitrogens with one attached hydrogen (secondary N) is 1. The van der Waals surface area contributed by atoms with Crippen LogP contribution < -0.4 is 9.62 Å². The molecule has 128 valence electrons.